The second kappa shape index (κ2) is 5.00. The van der Waals surface area contributed by atoms with Crippen LogP contribution in [-0.4, -0.2) is 11.6 Å². The van der Waals surface area contributed by atoms with Crippen molar-refractivity contribution in [2.75, 3.05) is 0 Å². The SMILES string of the molecule is Cc1cc(C(=O)CC(=O)c2ccccc2)c(C)o1. The number of ketones is 2. The molecule has 0 atom stereocenters. The molecule has 1 aromatic heterocycles. The number of furan rings is 1. The Hall–Kier alpha value is -2.16. The van der Waals surface area contributed by atoms with Gasteiger partial charge in [0.05, 0.1) is 12.0 Å². The van der Waals surface area contributed by atoms with Gasteiger partial charge in [0.25, 0.3) is 0 Å². The minimum atomic E-state index is -0.196. The first-order valence-corrected chi connectivity index (χ1v) is 5.76. The van der Waals surface area contributed by atoms with Crippen LogP contribution in [0.25, 0.3) is 0 Å². The molecule has 0 saturated heterocycles. The maximum atomic E-state index is 12.0. The highest BCUT2D eigenvalue weighted by molar-refractivity contribution is 6.13. The molecule has 0 bridgehead atoms. The summed E-state index contributed by atoms with van der Waals surface area (Å²) in [5, 5.41) is 0. The summed E-state index contributed by atoms with van der Waals surface area (Å²) in [5.41, 5.74) is 1.06. The minimum Gasteiger partial charge on any atom is -0.466 e. The third-order valence-electron chi connectivity index (χ3n) is 2.76. The molecule has 2 rings (SSSR count). The fourth-order valence-corrected chi connectivity index (χ4v) is 1.87. The van der Waals surface area contributed by atoms with E-state index in [0.717, 1.165) is 0 Å². The molecule has 1 aromatic carbocycles. The Kier molecular flexibility index (Phi) is 3.42. The Morgan fingerprint density at radius 1 is 1.06 bits per heavy atom. The normalized spacial score (nSPS) is 10.3. The van der Waals surface area contributed by atoms with Crippen LogP contribution >= 0.6 is 0 Å². The zero-order valence-corrected chi connectivity index (χ0v) is 10.4. The van der Waals surface area contributed by atoms with Crippen molar-refractivity contribution in [3.8, 4) is 0 Å². The molecular weight excluding hydrogens is 228 g/mol. The van der Waals surface area contributed by atoms with Crippen molar-refractivity contribution in [3.63, 3.8) is 0 Å². The molecule has 0 radical (unpaired) electrons. The molecule has 0 saturated carbocycles. The first-order valence-electron chi connectivity index (χ1n) is 5.76. The number of benzene rings is 1. The van der Waals surface area contributed by atoms with Gasteiger partial charge in [0.2, 0.25) is 0 Å². The van der Waals surface area contributed by atoms with Crippen molar-refractivity contribution in [1.29, 1.82) is 0 Å². The third-order valence-corrected chi connectivity index (χ3v) is 2.76. The summed E-state index contributed by atoms with van der Waals surface area (Å²) in [6, 6.07) is 10.5. The number of carbonyl (C=O) groups is 2. The minimum absolute atomic E-state index is 0.121. The predicted molar refractivity (Wildman–Crippen MR) is 67.9 cm³/mol. The Balaban J connectivity index is 2.13. The third kappa shape index (κ3) is 2.56. The van der Waals surface area contributed by atoms with Crippen LogP contribution in [0.4, 0.5) is 0 Å². The maximum absolute atomic E-state index is 12.0. The lowest BCUT2D eigenvalue weighted by Gasteiger charge is -1.99. The van der Waals surface area contributed by atoms with Crippen LogP contribution in [0.1, 0.15) is 38.7 Å². The van der Waals surface area contributed by atoms with Crippen LogP contribution in [-0.2, 0) is 0 Å². The Bertz CT molecular complexity index is 579. The number of rotatable bonds is 4. The van der Waals surface area contributed by atoms with Gasteiger partial charge in [0.15, 0.2) is 11.6 Å². The fraction of sp³-hybridized carbons (Fsp3) is 0.200. The molecule has 0 fully saturated rings. The van der Waals surface area contributed by atoms with Crippen LogP contribution in [0.3, 0.4) is 0 Å². The van der Waals surface area contributed by atoms with E-state index in [-0.39, 0.29) is 18.0 Å². The molecule has 0 spiro atoms. The zero-order valence-electron chi connectivity index (χ0n) is 10.4. The van der Waals surface area contributed by atoms with Gasteiger partial charge < -0.3 is 4.42 Å². The molecule has 0 aliphatic carbocycles. The smallest absolute Gasteiger partial charge is 0.174 e. The van der Waals surface area contributed by atoms with Crippen LogP contribution in [0.15, 0.2) is 40.8 Å². The summed E-state index contributed by atoms with van der Waals surface area (Å²) in [7, 11) is 0. The largest absolute Gasteiger partial charge is 0.466 e. The van der Waals surface area contributed by atoms with E-state index >= 15 is 0 Å². The lowest BCUT2D eigenvalue weighted by atomic mass is 10.0. The van der Waals surface area contributed by atoms with E-state index in [0.29, 0.717) is 22.6 Å². The number of hydrogen-bond acceptors (Lipinski definition) is 3. The standard InChI is InChI=1S/C15H14O3/c1-10-8-13(11(2)18-10)15(17)9-14(16)12-6-4-3-5-7-12/h3-8H,9H2,1-2H3. The molecule has 0 aliphatic heterocycles. The number of aryl methyl sites for hydroxylation is 2. The van der Waals surface area contributed by atoms with Gasteiger partial charge in [0.1, 0.15) is 11.5 Å². The second-order valence-electron chi connectivity index (χ2n) is 4.22. The summed E-state index contributed by atoms with van der Waals surface area (Å²) in [6.45, 7) is 3.51. The van der Waals surface area contributed by atoms with E-state index < -0.39 is 0 Å². The highest BCUT2D eigenvalue weighted by atomic mass is 16.3. The summed E-state index contributed by atoms with van der Waals surface area (Å²) >= 11 is 0. The van der Waals surface area contributed by atoms with E-state index in [1.54, 1.807) is 44.2 Å². The Morgan fingerprint density at radius 2 is 1.72 bits per heavy atom. The second-order valence-corrected chi connectivity index (χ2v) is 4.22. The summed E-state index contributed by atoms with van der Waals surface area (Å²) in [6.07, 6.45) is -0.121. The summed E-state index contributed by atoms with van der Waals surface area (Å²) in [5.74, 6) is 0.887. The van der Waals surface area contributed by atoms with E-state index in [1.807, 2.05) is 6.07 Å². The van der Waals surface area contributed by atoms with E-state index in [9.17, 15) is 9.59 Å². The monoisotopic (exact) mass is 242 g/mol. The number of Topliss-reactive ketones (excluding diaryl/α,β-unsaturated/α-hetero) is 2. The van der Waals surface area contributed by atoms with Crippen molar-refractivity contribution >= 4 is 11.6 Å². The first kappa shape index (κ1) is 12.3. The van der Waals surface area contributed by atoms with Gasteiger partial charge >= 0.3 is 0 Å². The van der Waals surface area contributed by atoms with Crippen molar-refractivity contribution < 1.29 is 14.0 Å². The molecule has 0 unspecified atom stereocenters. The summed E-state index contributed by atoms with van der Waals surface area (Å²) < 4.78 is 5.29. The Morgan fingerprint density at radius 3 is 2.28 bits per heavy atom. The molecule has 0 N–H and O–H groups in total. The molecule has 3 heteroatoms. The van der Waals surface area contributed by atoms with Crippen molar-refractivity contribution in [1.82, 2.24) is 0 Å². The lowest BCUT2D eigenvalue weighted by molar-refractivity contribution is 0.0893. The molecule has 2 aromatic rings. The highest BCUT2D eigenvalue weighted by Crippen LogP contribution is 2.16. The van der Waals surface area contributed by atoms with Gasteiger partial charge in [-0.15, -0.1) is 0 Å². The molecular formula is C15H14O3. The molecule has 18 heavy (non-hydrogen) atoms. The maximum Gasteiger partial charge on any atom is 0.174 e. The van der Waals surface area contributed by atoms with Crippen molar-refractivity contribution in [2.45, 2.75) is 20.3 Å². The highest BCUT2D eigenvalue weighted by Gasteiger charge is 2.17. The average molecular weight is 242 g/mol. The van der Waals surface area contributed by atoms with Crippen LogP contribution in [0, 0.1) is 13.8 Å². The van der Waals surface area contributed by atoms with Crippen molar-refractivity contribution in [2.24, 2.45) is 0 Å². The van der Waals surface area contributed by atoms with E-state index in [4.69, 9.17) is 4.42 Å². The van der Waals surface area contributed by atoms with Crippen LogP contribution < -0.4 is 0 Å². The van der Waals surface area contributed by atoms with Crippen LogP contribution in [0.5, 0.6) is 0 Å². The molecule has 3 nitrogen and oxygen atoms in total. The lowest BCUT2D eigenvalue weighted by Crippen LogP contribution is -2.08. The van der Waals surface area contributed by atoms with Gasteiger partial charge in [0, 0.05) is 5.56 Å². The zero-order chi connectivity index (χ0) is 13.1. The number of hydrogen-bond donors (Lipinski definition) is 0. The van der Waals surface area contributed by atoms with Gasteiger partial charge in [-0.1, -0.05) is 30.3 Å². The van der Waals surface area contributed by atoms with Gasteiger partial charge in [-0.3, -0.25) is 9.59 Å². The van der Waals surface area contributed by atoms with Crippen LogP contribution in [0.2, 0.25) is 0 Å². The Labute approximate surface area is 105 Å². The van der Waals surface area contributed by atoms with E-state index in [2.05, 4.69) is 0 Å². The predicted octanol–water partition coefficient (Wildman–Crippen LogP) is 3.35. The molecule has 92 valence electrons. The summed E-state index contributed by atoms with van der Waals surface area (Å²) in [4.78, 5) is 23.9. The molecule has 0 amide bonds. The van der Waals surface area contributed by atoms with E-state index in [1.165, 1.54) is 0 Å². The van der Waals surface area contributed by atoms with Gasteiger partial charge in [-0.2, -0.15) is 0 Å². The first-order chi connectivity index (χ1) is 8.58. The van der Waals surface area contributed by atoms with Crippen molar-refractivity contribution in [3.05, 3.63) is 59.0 Å². The number of carbonyl (C=O) groups excluding carboxylic acids is 2. The topological polar surface area (TPSA) is 47.3 Å². The molecule has 1 heterocycles. The quantitative estimate of drug-likeness (QED) is 0.610. The van der Waals surface area contributed by atoms with Gasteiger partial charge in [-0.05, 0) is 19.9 Å². The average Bonchev–Trinajstić information content (AvgIpc) is 2.69. The van der Waals surface area contributed by atoms with Gasteiger partial charge in [-0.25, -0.2) is 0 Å². The molecule has 0 aliphatic rings. The fourth-order valence-electron chi connectivity index (χ4n) is 1.87.